The largest absolute Gasteiger partial charge is 0.441 e. The lowest BCUT2D eigenvalue weighted by Crippen LogP contribution is -2.32. The van der Waals surface area contributed by atoms with Gasteiger partial charge in [-0.05, 0) is 24.1 Å². The van der Waals surface area contributed by atoms with Crippen LogP contribution in [0.4, 0.5) is 10.5 Å². The molecule has 1 aliphatic heterocycles. The third-order valence-corrected chi connectivity index (χ3v) is 4.42. The standard InChI is InChI=1S/C17H19N5O2/c1-11-19-15-4-3-14(7-16(15)24-11)20-17(23)22-6-5-12(10-22)13-8-18-21(2)9-13/h3-4,7-9,12H,5-6,10H2,1-2H3,(H,20,23)/t12-/m1/s1. The van der Waals surface area contributed by atoms with Gasteiger partial charge in [-0.25, -0.2) is 9.78 Å². The molecule has 1 aliphatic rings. The van der Waals surface area contributed by atoms with Gasteiger partial charge in [-0.1, -0.05) is 0 Å². The lowest BCUT2D eigenvalue weighted by Gasteiger charge is -2.17. The van der Waals surface area contributed by atoms with Gasteiger partial charge in [-0.2, -0.15) is 5.10 Å². The van der Waals surface area contributed by atoms with Gasteiger partial charge < -0.3 is 14.6 Å². The maximum atomic E-state index is 12.5. The third-order valence-electron chi connectivity index (χ3n) is 4.42. The fourth-order valence-corrected chi connectivity index (χ4v) is 3.19. The lowest BCUT2D eigenvalue weighted by atomic mass is 10.0. The number of benzene rings is 1. The highest BCUT2D eigenvalue weighted by molar-refractivity contribution is 5.91. The molecule has 2 aromatic heterocycles. The molecule has 7 heteroatoms. The van der Waals surface area contributed by atoms with Crippen LogP contribution in [0.1, 0.15) is 23.8 Å². The Labute approximate surface area is 139 Å². The van der Waals surface area contributed by atoms with Gasteiger partial charge in [0.05, 0.1) is 6.20 Å². The summed E-state index contributed by atoms with van der Waals surface area (Å²) in [7, 11) is 1.91. The van der Waals surface area contributed by atoms with Crippen LogP contribution in [0.25, 0.3) is 11.1 Å². The molecule has 4 rings (SSSR count). The Bertz CT molecular complexity index is 897. The van der Waals surface area contributed by atoms with Crippen molar-refractivity contribution in [1.29, 1.82) is 0 Å². The molecule has 1 aromatic carbocycles. The number of likely N-dealkylation sites (tertiary alicyclic amines) is 1. The number of oxazole rings is 1. The lowest BCUT2D eigenvalue weighted by molar-refractivity contribution is 0.222. The molecule has 124 valence electrons. The number of carbonyl (C=O) groups is 1. The van der Waals surface area contributed by atoms with Crippen LogP contribution < -0.4 is 5.32 Å². The first kappa shape index (κ1) is 14.7. The Balaban J connectivity index is 1.44. The normalized spacial score (nSPS) is 17.6. The number of rotatable bonds is 2. The molecule has 0 unspecified atom stereocenters. The summed E-state index contributed by atoms with van der Waals surface area (Å²) >= 11 is 0. The molecule has 1 saturated heterocycles. The highest BCUT2D eigenvalue weighted by Gasteiger charge is 2.28. The zero-order valence-corrected chi connectivity index (χ0v) is 13.7. The summed E-state index contributed by atoms with van der Waals surface area (Å²) in [6, 6.07) is 5.42. The molecule has 0 aliphatic carbocycles. The zero-order chi connectivity index (χ0) is 16.7. The van der Waals surface area contributed by atoms with Crippen molar-refractivity contribution < 1.29 is 9.21 Å². The molecule has 0 radical (unpaired) electrons. The third kappa shape index (κ3) is 2.73. The second-order valence-corrected chi connectivity index (χ2v) is 6.22. The minimum absolute atomic E-state index is 0.0861. The molecular weight excluding hydrogens is 306 g/mol. The number of carbonyl (C=O) groups excluding carboxylic acids is 1. The molecule has 3 aromatic rings. The van der Waals surface area contributed by atoms with Gasteiger partial charge >= 0.3 is 6.03 Å². The zero-order valence-electron chi connectivity index (χ0n) is 13.7. The molecule has 7 nitrogen and oxygen atoms in total. The molecule has 0 bridgehead atoms. The van der Waals surface area contributed by atoms with Crippen LogP contribution in [0, 0.1) is 6.92 Å². The Morgan fingerprint density at radius 1 is 1.42 bits per heavy atom. The van der Waals surface area contributed by atoms with Gasteiger partial charge in [-0.3, -0.25) is 4.68 Å². The molecule has 2 amide bonds. The Hall–Kier alpha value is -2.83. The number of urea groups is 1. The van der Waals surface area contributed by atoms with Crippen molar-refractivity contribution in [3.63, 3.8) is 0 Å². The Kier molecular flexibility index (Phi) is 3.48. The fraction of sp³-hybridized carbons (Fsp3) is 0.353. The van der Waals surface area contributed by atoms with Crippen LogP contribution in [-0.4, -0.2) is 38.8 Å². The predicted octanol–water partition coefficient (Wildman–Crippen LogP) is 2.89. The minimum Gasteiger partial charge on any atom is -0.441 e. The topological polar surface area (TPSA) is 76.2 Å². The Morgan fingerprint density at radius 2 is 2.29 bits per heavy atom. The maximum absolute atomic E-state index is 12.5. The minimum atomic E-state index is -0.0861. The van der Waals surface area contributed by atoms with Crippen molar-refractivity contribution >= 4 is 22.8 Å². The van der Waals surface area contributed by atoms with E-state index >= 15 is 0 Å². The van der Waals surface area contributed by atoms with E-state index in [9.17, 15) is 4.79 Å². The van der Waals surface area contributed by atoms with E-state index in [1.807, 2.05) is 42.5 Å². The van der Waals surface area contributed by atoms with Crippen molar-refractivity contribution in [2.45, 2.75) is 19.3 Å². The van der Waals surface area contributed by atoms with Crippen molar-refractivity contribution in [3.05, 3.63) is 42.0 Å². The summed E-state index contributed by atoms with van der Waals surface area (Å²) in [6.07, 6.45) is 4.86. The number of nitrogens with one attached hydrogen (secondary N) is 1. The van der Waals surface area contributed by atoms with E-state index in [2.05, 4.69) is 15.4 Å². The average molecular weight is 325 g/mol. The average Bonchev–Trinajstić information content (AvgIpc) is 3.24. The monoisotopic (exact) mass is 325 g/mol. The number of aryl methyl sites for hydroxylation is 2. The molecule has 1 fully saturated rings. The van der Waals surface area contributed by atoms with E-state index < -0.39 is 0 Å². The fourth-order valence-electron chi connectivity index (χ4n) is 3.19. The van der Waals surface area contributed by atoms with Crippen molar-refractivity contribution in [2.24, 2.45) is 7.05 Å². The van der Waals surface area contributed by atoms with Crippen LogP contribution in [0.2, 0.25) is 0 Å². The second-order valence-electron chi connectivity index (χ2n) is 6.22. The van der Waals surface area contributed by atoms with E-state index in [-0.39, 0.29) is 6.03 Å². The van der Waals surface area contributed by atoms with E-state index in [4.69, 9.17) is 4.42 Å². The number of aromatic nitrogens is 3. The van der Waals surface area contributed by atoms with Gasteiger partial charge in [0.2, 0.25) is 0 Å². The number of fused-ring (bicyclic) bond motifs is 1. The van der Waals surface area contributed by atoms with Gasteiger partial charge in [0.1, 0.15) is 5.52 Å². The van der Waals surface area contributed by atoms with Crippen LogP contribution in [0.15, 0.2) is 35.0 Å². The summed E-state index contributed by atoms with van der Waals surface area (Å²) in [5.41, 5.74) is 3.38. The number of amides is 2. The van der Waals surface area contributed by atoms with Crippen molar-refractivity contribution in [1.82, 2.24) is 19.7 Å². The highest BCUT2D eigenvalue weighted by atomic mass is 16.3. The highest BCUT2D eigenvalue weighted by Crippen LogP contribution is 2.27. The van der Waals surface area contributed by atoms with E-state index in [1.54, 1.807) is 11.6 Å². The summed E-state index contributed by atoms with van der Waals surface area (Å²) in [5, 5.41) is 7.15. The summed E-state index contributed by atoms with van der Waals surface area (Å²) in [6.45, 7) is 3.26. The van der Waals surface area contributed by atoms with Crippen molar-refractivity contribution in [3.8, 4) is 0 Å². The molecule has 0 saturated carbocycles. The maximum Gasteiger partial charge on any atom is 0.321 e. The van der Waals surface area contributed by atoms with E-state index in [0.29, 0.717) is 29.6 Å². The molecular formula is C17H19N5O2. The Morgan fingerprint density at radius 3 is 3.08 bits per heavy atom. The predicted molar refractivity (Wildman–Crippen MR) is 89.9 cm³/mol. The summed E-state index contributed by atoms with van der Waals surface area (Å²) in [4.78, 5) is 18.6. The smallest absolute Gasteiger partial charge is 0.321 e. The number of anilines is 1. The molecule has 0 spiro atoms. The van der Waals surface area contributed by atoms with E-state index in [0.717, 1.165) is 18.5 Å². The SMILES string of the molecule is Cc1nc2ccc(NC(=O)N3CC[C@@H](c4cnn(C)c4)C3)cc2o1. The van der Waals surface area contributed by atoms with Gasteiger partial charge in [0, 0.05) is 50.9 Å². The summed E-state index contributed by atoms with van der Waals surface area (Å²) < 4.78 is 7.31. The molecule has 3 heterocycles. The number of nitrogens with zero attached hydrogens (tertiary/aromatic N) is 4. The molecule has 1 atom stereocenters. The second kappa shape index (κ2) is 5.67. The van der Waals surface area contributed by atoms with Gasteiger partial charge in [0.25, 0.3) is 0 Å². The first-order valence-corrected chi connectivity index (χ1v) is 8.00. The number of hydrogen-bond acceptors (Lipinski definition) is 4. The van der Waals surface area contributed by atoms with E-state index in [1.165, 1.54) is 5.56 Å². The van der Waals surface area contributed by atoms with Crippen LogP contribution >= 0.6 is 0 Å². The van der Waals surface area contributed by atoms with Crippen LogP contribution in [0.5, 0.6) is 0 Å². The number of hydrogen-bond donors (Lipinski definition) is 1. The van der Waals surface area contributed by atoms with Gasteiger partial charge in [-0.15, -0.1) is 0 Å². The first-order chi connectivity index (χ1) is 11.6. The van der Waals surface area contributed by atoms with Crippen LogP contribution in [0.3, 0.4) is 0 Å². The first-order valence-electron chi connectivity index (χ1n) is 8.00. The van der Waals surface area contributed by atoms with Crippen molar-refractivity contribution in [2.75, 3.05) is 18.4 Å². The van der Waals surface area contributed by atoms with Crippen LogP contribution in [-0.2, 0) is 7.05 Å². The molecule has 24 heavy (non-hydrogen) atoms. The van der Waals surface area contributed by atoms with Gasteiger partial charge in [0.15, 0.2) is 11.5 Å². The quantitative estimate of drug-likeness (QED) is 0.786. The molecule has 1 N–H and O–H groups in total. The summed E-state index contributed by atoms with van der Waals surface area (Å²) in [5.74, 6) is 0.969.